The SMILES string of the molecule is O=C(O)/C(=C/c1ccc(O)c(O)c1)C1O[C@H](CO)[C@@H](O)[C@H](O)[C@H]1O. The molecule has 2 rings (SSSR count). The van der Waals surface area contributed by atoms with Crippen LogP contribution < -0.4 is 0 Å². The minimum absolute atomic E-state index is 0.194. The number of aliphatic carboxylic acids is 1. The van der Waals surface area contributed by atoms with E-state index in [0.29, 0.717) is 0 Å². The van der Waals surface area contributed by atoms with Crippen LogP contribution in [0.2, 0.25) is 0 Å². The maximum atomic E-state index is 11.5. The van der Waals surface area contributed by atoms with Crippen LogP contribution in [-0.4, -0.2) is 78.8 Å². The lowest BCUT2D eigenvalue weighted by Gasteiger charge is -2.40. The summed E-state index contributed by atoms with van der Waals surface area (Å²) in [5.41, 5.74) is -0.267. The van der Waals surface area contributed by atoms with Gasteiger partial charge in [-0.2, -0.15) is 0 Å². The van der Waals surface area contributed by atoms with Gasteiger partial charge < -0.3 is 40.5 Å². The van der Waals surface area contributed by atoms with E-state index in [2.05, 4.69) is 0 Å². The summed E-state index contributed by atoms with van der Waals surface area (Å²) in [6.07, 6.45) is -6.74. The van der Waals surface area contributed by atoms with Crippen LogP contribution in [0.4, 0.5) is 0 Å². The molecule has 1 aliphatic heterocycles. The summed E-state index contributed by atoms with van der Waals surface area (Å²) in [4.78, 5) is 11.5. The van der Waals surface area contributed by atoms with Gasteiger partial charge in [0.25, 0.3) is 0 Å². The highest BCUT2D eigenvalue weighted by molar-refractivity contribution is 5.93. The molecule has 9 heteroatoms. The van der Waals surface area contributed by atoms with Crippen molar-refractivity contribution in [1.29, 1.82) is 0 Å². The molecule has 7 N–H and O–H groups in total. The van der Waals surface area contributed by atoms with Crippen LogP contribution in [0.3, 0.4) is 0 Å². The standard InChI is InChI=1S/C15H18O9/c16-5-10-11(19)12(20)13(21)14(24-10)7(15(22)23)3-6-1-2-8(17)9(18)4-6/h1-4,10-14,16-21H,5H2,(H,22,23)/b7-3+/t10-,11-,12+,13-,14?/m1/s1. The van der Waals surface area contributed by atoms with Gasteiger partial charge in [0.05, 0.1) is 12.2 Å². The number of hydrogen-bond donors (Lipinski definition) is 7. The number of benzene rings is 1. The van der Waals surface area contributed by atoms with Crippen molar-refractivity contribution in [2.45, 2.75) is 30.5 Å². The molecule has 1 unspecified atom stereocenters. The largest absolute Gasteiger partial charge is 0.504 e. The van der Waals surface area contributed by atoms with Crippen molar-refractivity contribution >= 4 is 12.0 Å². The first-order valence-corrected chi connectivity index (χ1v) is 7.03. The fourth-order valence-corrected chi connectivity index (χ4v) is 2.43. The lowest BCUT2D eigenvalue weighted by atomic mass is 9.90. The molecule has 1 aromatic rings. The molecule has 5 atom stereocenters. The normalized spacial score (nSPS) is 31.0. The van der Waals surface area contributed by atoms with E-state index >= 15 is 0 Å². The third-order valence-electron chi connectivity index (χ3n) is 3.77. The number of aliphatic hydroxyl groups is 4. The van der Waals surface area contributed by atoms with Crippen molar-refractivity contribution in [1.82, 2.24) is 0 Å². The molecule has 0 bridgehead atoms. The molecule has 0 saturated carbocycles. The maximum Gasteiger partial charge on any atom is 0.334 e. The number of rotatable bonds is 4. The van der Waals surface area contributed by atoms with Crippen molar-refractivity contribution in [3.63, 3.8) is 0 Å². The molecule has 0 aromatic heterocycles. The first kappa shape index (κ1) is 18.2. The van der Waals surface area contributed by atoms with E-state index in [1.807, 2.05) is 0 Å². The molecular weight excluding hydrogens is 324 g/mol. The first-order valence-electron chi connectivity index (χ1n) is 7.03. The van der Waals surface area contributed by atoms with E-state index in [0.717, 1.165) is 18.2 Å². The Bertz CT molecular complexity index is 640. The van der Waals surface area contributed by atoms with Crippen LogP contribution in [-0.2, 0) is 9.53 Å². The first-order chi connectivity index (χ1) is 11.3. The molecular formula is C15H18O9. The number of aliphatic hydroxyl groups excluding tert-OH is 4. The van der Waals surface area contributed by atoms with Crippen molar-refractivity contribution in [2.24, 2.45) is 0 Å². The minimum Gasteiger partial charge on any atom is -0.504 e. The van der Waals surface area contributed by atoms with E-state index in [1.165, 1.54) is 6.07 Å². The summed E-state index contributed by atoms with van der Waals surface area (Å²) >= 11 is 0. The number of aromatic hydroxyl groups is 2. The Morgan fingerprint density at radius 1 is 1.08 bits per heavy atom. The molecule has 24 heavy (non-hydrogen) atoms. The number of carboxylic acid groups (broad SMARTS) is 1. The van der Waals surface area contributed by atoms with Crippen molar-refractivity contribution in [3.05, 3.63) is 29.3 Å². The summed E-state index contributed by atoms with van der Waals surface area (Å²) in [7, 11) is 0. The predicted octanol–water partition coefficient (Wildman–Crippen LogP) is -1.59. The van der Waals surface area contributed by atoms with Crippen LogP contribution in [0.1, 0.15) is 5.56 Å². The highest BCUT2D eigenvalue weighted by Gasteiger charge is 2.46. The number of hydrogen-bond acceptors (Lipinski definition) is 8. The van der Waals surface area contributed by atoms with Gasteiger partial charge in [0.15, 0.2) is 11.5 Å². The topological polar surface area (TPSA) is 168 Å². The number of carbonyl (C=O) groups is 1. The molecule has 0 radical (unpaired) electrons. The van der Waals surface area contributed by atoms with Gasteiger partial charge >= 0.3 is 5.97 Å². The smallest absolute Gasteiger partial charge is 0.334 e. The third kappa shape index (κ3) is 3.50. The predicted molar refractivity (Wildman–Crippen MR) is 79.2 cm³/mol. The molecule has 1 saturated heterocycles. The number of ether oxygens (including phenoxy) is 1. The van der Waals surface area contributed by atoms with Gasteiger partial charge in [0.2, 0.25) is 0 Å². The summed E-state index contributed by atoms with van der Waals surface area (Å²) in [6, 6.07) is 3.57. The van der Waals surface area contributed by atoms with E-state index in [1.54, 1.807) is 0 Å². The van der Waals surface area contributed by atoms with Crippen molar-refractivity contribution in [3.8, 4) is 11.5 Å². The van der Waals surface area contributed by atoms with E-state index in [4.69, 9.17) is 9.84 Å². The number of carboxylic acids is 1. The van der Waals surface area contributed by atoms with Gasteiger partial charge in [-0.1, -0.05) is 6.07 Å². The Balaban J connectivity index is 2.40. The zero-order chi connectivity index (χ0) is 18.0. The quantitative estimate of drug-likeness (QED) is 0.252. The molecule has 9 nitrogen and oxygen atoms in total. The summed E-state index contributed by atoms with van der Waals surface area (Å²) < 4.78 is 5.21. The molecule has 1 fully saturated rings. The van der Waals surface area contributed by atoms with E-state index in [-0.39, 0.29) is 5.56 Å². The van der Waals surface area contributed by atoms with Gasteiger partial charge in [-0.05, 0) is 23.8 Å². The minimum atomic E-state index is -1.74. The van der Waals surface area contributed by atoms with E-state index in [9.17, 15) is 35.4 Å². The molecule has 1 aliphatic rings. The fraction of sp³-hybridized carbons (Fsp3) is 0.400. The highest BCUT2D eigenvalue weighted by Crippen LogP contribution is 2.29. The van der Waals surface area contributed by atoms with Gasteiger partial charge in [-0.3, -0.25) is 0 Å². The van der Waals surface area contributed by atoms with Crippen LogP contribution in [0.5, 0.6) is 11.5 Å². The summed E-state index contributed by atoms with van der Waals surface area (Å²) in [5.74, 6) is -2.33. The second-order valence-corrected chi connectivity index (χ2v) is 5.40. The summed E-state index contributed by atoms with van der Waals surface area (Å²) in [5, 5.41) is 66.7. The molecule has 0 amide bonds. The Morgan fingerprint density at radius 2 is 1.75 bits per heavy atom. The zero-order valence-electron chi connectivity index (χ0n) is 12.4. The molecule has 0 aliphatic carbocycles. The highest BCUT2D eigenvalue weighted by atomic mass is 16.5. The third-order valence-corrected chi connectivity index (χ3v) is 3.77. The monoisotopic (exact) mass is 342 g/mol. The van der Waals surface area contributed by atoms with Crippen LogP contribution >= 0.6 is 0 Å². The summed E-state index contributed by atoms with van der Waals surface area (Å²) in [6.45, 7) is -0.686. The molecule has 0 spiro atoms. The second kappa shape index (κ2) is 7.16. The van der Waals surface area contributed by atoms with Crippen molar-refractivity contribution in [2.75, 3.05) is 6.61 Å². The van der Waals surface area contributed by atoms with Gasteiger partial charge in [0, 0.05) is 0 Å². The Hall–Kier alpha value is -2.17. The Morgan fingerprint density at radius 3 is 2.29 bits per heavy atom. The Kier molecular flexibility index (Phi) is 5.42. The van der Waals surface area contributed by atoms with Crippen molar-refractivity contribution < 1.29 is 45.3 Å². The average Bonchev–Trinajstić information content (AvgIpc) is 2.54. The van der Waals surface area contributed by atoms with Crippen LogP contribution in [0.25, 0.3) is 6.08 Å². The fourth-order valence-electron chi connectivity index (χ4n) is 2.43. The number of phenols is 2. The average molecular weight is 342 g/mol. The molecule has 132 valence electrons. The Labute approximate surface area is 136 Å². The molecule has 1 heterocycles. The van der Waals surface area contributed by atoms with Crippen LogP contribution in [0.15, 0.2) is 23.8 Å². The van der Waals surface area contributed by atoms with Gasteiger partial charge in [-0.15, -0.1) is 0 Å². The lowest BCUT2D eigenvalue weighted by molar-refractivity contribution is -0.220. The van der Waals surface area contributed by atoms with Gasteiger partial charge in [-0.25, -0.2) is 4.79 Å². The lowest BCUT2D eigenvalue weighted by Crippen LogP contribution is -2.59. The zero-order valence-corrected chi connectivity index (χ0v) is 12.4. The van der Waals surface area contributed by atoms with E-state index < -0.39 is 60.2 Å². The van der Waals surface area contributed by atoms with Crippen LogP contribution in [0, 0.1) is 0 Å². The molecule has 1 aromatic carbocycles. The maximum absolute atomic E-state index is 11.5. The van der Waals surface area contributed by atoms with Gasteiger partial charge in [0.1, 0.15) is 30.5 Å². The second-order valence-electron chi connectivity index (χ2n) is 5.40. The number of phenolic OH excluding ortho intramolecular Hbond substituents is 2.